The van der Waals surface area contributed by atoms with E-state index in [1.807, 2.05) is 0 Å². The summed E-state index contributed by atoms with van der Waals surface area (Å²) in [4.78, 5) is 0. The van der Waals surface area contributed by atoms with E-state index in [2.05, 4.69) is 36.5 Å². The maximum atomic E-state index is 2.44. The molecular formula is C17H14. The van der Waals surface area contributed by atoms with Gasteiger partial charge in [0.1, 0.15) is 0 Å². The molecule has 0 aromatic heterocycles. The highest BCUT2D eigenvalue weighted by Crippen LogP contribution is 2.59. The lowest BCUT2D eigenvalue weighted by Crippen LogP contribution is -2.03. The minimum Gasteiger partial charge on any atom is -0.0803 e. The third kappa shape index (κ3) is 0.845. The first-order valence-corrected chi connectivity index (χ1v) is 6.66. The van der Waals surface area contributed by atoms with Crippen LogP contribution in [0.15, 0.2) is 69.9 Å². The van der Waals surface area contributed by atoms with E-state index < -0.39 is 0 Å². The number of rotatable bonds is 0. The molecule has 17 heavy (non-hydrogen) atoms. The summed E-state index contributed by atoms with van der Waals surface area (Å²) in [5.74, 6) is 1.48. The zero-order chi connectivity index (χ0) is 11.0. The molecule has 2 atom stereocenters. The second-order valence-electron chi connectivity index (χ2n) is 5.66. The summed E-state index contributed by atoms with van der Waals surface area (Å²) >= 11 is 0. The van der Waals surface area contributed by atoms with Crippen molar-refractivity contribution in [1.29, 1.82) is 0 Å². The largest absolute Gasteiger partial charge is 0.0803 e. The molecule has 0 heteroatoms. The first kappa shape index (κ1) is 8.52. The van der Waals surface area contributed by atoms with Crippen LogP contribution in [0.1, 0.15) is 19.3 Å². The van der Waals surface area contributed by atoms with E-state index in [9.17, 15) is 0 Å². The average molecular weight is 218 g/mol. The molecule has 5 aliphatic rings. The SMILES string of the molecule is C1=CC2=C3C(=C4C(=C3CC=C2)C2C=CC4C2)C1. The molecule has 5 aliphatic carbocycles. The molecule has 0 spiro atoms. The van der Waals surface area contributed by atoms with E-state index in [1.54, 1.807) is 27.9 Å². The normalized spacial score (nSPS) is 35.3. The number of allylic oxidation sites excluding steroid dienone is 12. The van der Waals surface area contributed by atoms with Crippen molar-refractivity contribution < 1.29 is 0 Å². The van der Waals surface area contributed by atoms with E-state index in [0.717, 1.165) is 24.7 Å². The molecule has 1 fully saturated rings. The van der Waals surface area contributed by atoms with Crippen LogP contribution in [0.2, 0.25) is 0 Å². The third-order valence-electron chi connectivity index (χ3n) is 4.90. The zero-order valence-corrected chi connectivity index (χ0v) is 9.74. The van der Waals surface area contributed by atoms with Crippen LogP contribution >= 0.6 is 0 Å². The predicted molar refractivity (Wildman–Crippen MR) is 69.3 cm³/mol. The molecule has 82 valence electrons. The summed E-state index contributed by atoms with van der Waals surface area (Å²) in [7, 11) is 0. The Kier molecular flexibility index (Phi) is 1.32. The fraction of sp³-hybridized carbons (Fsp3) is 0.294. The van der Waals surface area contributed by atoms with Crippen LogP contribution in [0.25, 0.3) is 0 Å². The van der Waals surface area contributed by atoms with Crippen molar-refractivity contribution in [3.8, 4) is 0 Å². The van der Waals surface area contributed by atoms with Gasteiger partial charge in [-0.3, -0.25) is 0 Å². The molecule has 0 nitrogen and oxygen atoms in total. The molecule has 2 unspecified atom stereocenters. The quantitative estimate of drug-likeness (QED) is 0.539. The molecule has 0 aliphatic heterocycles. The van der Waals surface area contributed by atoms with E-state index in [4.69, 9.17) is 0 Å². The van der Waals surface area contributed by atoms with Gasteiger partial charge in [-0.15, -0.1) is 0 Å². The summed E-state index contributed by atoms with van der Waals surface area (Å²) in [5, 5.41) is 0. The number of fused-ring (bicyclic) bond motifs is 5. The zero-order valence-electron chi connectivity index (χ0n) is 9.74. The summed E-state index contributed by atoms with van der Waals surface area (Å²) in [6.07, 6.45) is 17.9. The van der Waals surface area contributed by atoms with Crippen molar-refractivity contribution in [2.24, 2.45) is 11.8 Å². The Labute approximate surface area is 101 Å². The second kappa shape index (κ2) is 2.64. The Morgan fingerprint density at radius 2 is 1.41 bits per heavy atom. The lowest BCUT2D eigenvalue weighted by atomic mass is 9.84. The highest BCUT2D eigenvalue weighted by atomic mass is 14.5. The van der Waals surface area contributed by atoms with E-state index in [1.165, 1.54) is 12.0 Å². The number of hydrogen-bond acceptors (Lipinski definition) is 0. The molecule has 0 N–H and O–H groups in total. The van der Waals surface area contributed by atoms with Gasteiger partial charge in [-0.25, -0.2) is 0 Å². The van der Waals surface area contributed by atoms with Gasteiger partial charge < -0.3 is 0 Å². The predicted octanol–water partition coefficient (Wildman–Crippen LogP) is 4.02. The van der Waals surface area contributed by atoms with Crippen molar-refractivity contribution in [3.05, 3.63) is 69.9 Å². The maximum absolute atomic E-state index is 2.44. The lowest BCUT2D eigenvalue weighted by Gasteiger charge is -2.20. The van der Waals surface area contributed by atoms with Crippen molar-refractivity contribution in [2.75, 3.05) is 0 Å². The van der Waals surface area contributed by atoms with E-state index >= 15 is 0 Å². The summed E-state index contributed by atoms with van der Waals surface area (Å²) < 4.78 is 0. The molecule has 1 saturated carbocycles. The Hall–Kier alpha value is -1.56. The van der Waals surface area contributed by atoms with Gasteiger partial charge in [-0.1, -0.05) is 36.5 Å². The van der Waals surface area contributed by atoms with E-state index in [0.29, 0.717) is 0 Å². The highest BCUT2D eigenvalue weighted by molar-refractivity contribution is 5.75. The molecular weight excluding hydrogens is 204 g/mol. The van der Waals surface area contributed by atoms with Gasteiger partial charge in [-0.05, 0) is 52.7 Å². The monoisotopic (exact) mass is 218 g/mol. The highest BCUT2D eigenvalue weighted by Gasteiger charge is 2.44. The number of hydrogen-bond donors (Lipinski definition) is 0. The van der Waals surface area contributed by atoms with Crippen LogP contribution in [-0.4, -0.2) is 0 Å². The van der Waals surface area contributed by atoms with E-state index in [-0.39, 0.29) is 0 Å². The molecule has 5 rings (SSSR count). The first-order chi connectivity index (χ1) is 8.43. The average Bonchev–Trinajstić information content (AvgIpc) is 3.03. The van der Waals surface area contributed by atoms with Gasteiger partial charge in [0.05, 0.1) is 0 Å². The van der Waals surface area contributed by atoms with Gasteiger partial charge in [0.25, 0.3) is 0 Å². The standard InChI is InChI=1S/C17H14/c1-3-10-4-2-6-14-15(10)13(5-1)16-11-7-8-12(9-11)17(14)16/h1-4,7-8,11-12H,5-6,9H2. The third-order valence-corrected chi connectivity index (χ3v) is 4.90. The Balaban J connectivity index is 1.89. The van der Waals surface area contributed by atoms with Gasteiger partial charge in [0.2, 0.25) is 0 Å². The minimum absolute atomic E-state index is 0.739. The van der Waals surface area contributed by atoms with Gasteiger partial charge >= 0.3 is 0 Å². The second-order valence-corrected chi connectivity index (χ2v) is 5.66. The van der Waals surface area contributed by atoms with Crippen LogP contribution in [0.3, 0.4) is 0 Å². The Morgan fingerprint density at radius 1 is 0.824 bits per heavy atom. The van der Waals surface area contributed by atoms with Crippen molar-refractivity contribution in [3.63, 3.8) is 0 Å². The molecule has 0 saturated heterocycles. The van der Waals surface area contributed by atoms with Gasteiger partial charge in [0, 0.05) is 11.8 Å². The molecule has 2 bridgehead atoms. The van der Waals surface area contributed by atoms with Gasteiger partial charge in [-0.2, -0.15) is 0 Å². The summed E-state index contributed by atoms with van der Waals surface area (Å²) in [5.41, 5.74) is 9.82. The Morgan fingerprint density at radius 3 is 2.00 bits per heavy atom. The molecule has 0 amide bonds. The summed E-state index contributed by atoms with van der Waals surface area (Å²) in [6.45, 7) is 0. The molecule has 0 heterocycles. The van der Waals surface area contributed by atoms with Crippen molar-refractivity contribution in [2.45, 2.75) is 19.3 Å². The smallest absolute Gasteiger partial charge is 0.00331 e. The Bertz CT molecular complexity index is 577. The molecule has 0 aromatic carbocycles. The fourth-order valence-corrected chi connectivity index (χ4v) is 4.35. The summed E-state index contributed by atoms with van der Waals surface area (Å²) in [6, 6.07) is 0. The maximum Gasteiger partial charge on any atom is 0.00331 e. The molecule has 0 radical (unpaired) electrons. The minimum atomic E-state index is 0.739. The van der Waals surface area contributed by atoms with Crippen LogP contribution in [0.4, 0.5) is 0 Å². The topological polar surface area (TPSA) is 0 Å². The molecule has 0 aromatic rings. The van der Waals surface area contributed by atoms with Gasteiger partial charge in [0.15, 0.2) is 0 Å². The fourth-order valence-electron chi connectivity index (χ4n) is 4.35. The van der Waals surface area contributed by atoms with Crippen LogP contribution < -0.4 is 0 Å². The first-order valence-electron chi connectivity index (χ1n) is 6.66. The van der Waals surface area contributed by atoms with Crippen molar-refractivity contribution in [1.82, 2.24) is 0 Å². The van der Waals surface area contributed by atoms with Crippen LogP contribution in [0.5, 0.6) is 0 Å². The van der Waals surface area contributed by atoms with Crippen LogP contribution in [-0.2, 0) is 0 Å². The van der Waals surface area contributed by atoms with Crippen molar-refractivity contribution >= 4 is 0 Å². The van der Waals surface area contributed by atoms with Crippen LogP contribution in [0, 0.1) is 11.8 Å². The lowest BCUT2D eigenvalue weighted by molar-refractivity contribution is 0.727.